The molecule has 2 heterocycles. The number of carboxylic acids is 1. The van der Waals surface area contributed by atoms with Gasteiger partial charge in [-0.25, -0.2) is 14.4 Å². The van der Waals surface area contributed by atoms with Crippen molar-refractivity contribution in [1.29, 1.82) is 0 Å². The lowest BCUT2D eigenvalue weighted by Gasteiger charge is -2.13. The second kappa shape index (κ2) is 8.25. The van der Waals surface area contributed by atoms with Crippen molar-refractivity contribution in [2.24, 2.45) is 0 Å². The van der Waals surface area contributed by atoms with Crippen molar-refractivity contribution < 1.29 is 19.0 Å². The standard InChI is InChI=1S/C20H14FN3O4S2/c1-28-20-23-16(9-30-20)11-2-7-14-15(8-11)22-19(29-10-17(25)26)24(18(14)27)13-5-3-12(21)4-6-13/h2-9H,10H2,1H3,(H,25,26). The number of fused-ring (bicyclic) bond motifs is 1. The number of methoxy groups -OCH3 is 1. The minimum absolute atomic E-state index is 0.203. The Balaban J connectivity index is 1.89. The van der Waals surface area contributed by atoms with E-state index >= 15 is 0 Å². The average molecular weight is 443 g/mol. The quantitative estimate of drug-likeness (QED) is 0.357. The molecule has 0 spiro atoms. The first-order valence-electron chi connectivity index (χ1n) is 8.63. The van der Waals surface area contributed by atoms with Gasteiger partial charge in [-0.2, -0.15) is 0 Å². The van der Waals surface area contributed by atoms with Gasteiger partial charge >= 0.3 is 5.97 Å². The molecule has 30 heavy (non-hydrogen) atoms. The van der Waals surface area contributed by atoms with E-state index in [1.54, 1.807) is 18.2 Å². The number of thioether (sulfide) groups is 1. The number of halogens is 1. The summed E-state index contributed by atoms with van der Waals surface area (Å²) in [4.78, 5) is 33.2. The van der Waals surface area contributed by atoms with Gasteiger partial charge in [0, 0.05) is 10.9 Å². The lowest BCUT2D eigenvalue weighted by Crippen LogP contribution is -2.22. The van der Waals surface area contributed by atoms with Gasteiger partial charge in [-0.3, -0.25) is 14.2 Å². The number of aromatic nitrogens is 3. The lowest BCUT2D eigenvalue weighted by molar-refractivity contribution is -0.133. The smallest absolute Gasteiger partial charge is 0.313 e. The first-order chi connectivity index (χ1) is 14.5. The predicted octanol–water partition coefficient (Wildman–Crippen LogP) is 3.83. The second-order valence-electron chi connectivity index (χ2n) is 6.13. The number of benzene rings is 2. The highest BCUT2D eigenvalue weighted by atomic mass is 32.2. The third-order valence-electron chi connectivity index (χ3n) is 4.20. The maximum atomic E-state index is 13.3. The molecule has 4 aromatic rings. The minimum Gasteiger partial charge on any atom is -0.481 e. The van der Waals surface area contributed by atoms with E-state index in [-0.39, 0.29) is 16.5 Å². The van der Waals surface area contributed by atoms with Crippen molar-refractivity contribution >= 4 is 40.0 Å². The number of ether oxygens (including phenoxy) is 1. The third-order valence-corrected chi connectivity index (χ3v) is 5.93. The molecule has 10 heteroatoms. The molecule has 0 unspecified atom stereocenters. The molecule has 0 saturated carbocycles. The van der Waals surface area contributed by atoms with Crippen LogP contribution in [0.15, 0.2) is 57.8 Å². The normalized spacial score (nSPS) is 11.0. The summed E-state index contributed by atoms with van der Waals surface area (Å²) in [5, 5.41) is 12.0. The fourth-order valence-corrected chi connectivity index (χ4v) is 4.23. The largest absolute Gasteiger partial charge is 0.481 e. The zero-order valence-electron chi connectivity index (χ0n) is 15.5. The average Bonchev–Trinajstić information content (AvgIpc) is 3.22. The maximum absolute atomic E-state index is 13.3. The van der Waals surface area contributed by atoms with Gasteiger partial charge in [-0.15, -0.1) is 0 Å². The van der Waals surface area contributed by atoms with Crippen LogP contribution in [-0.4, -0.2) is 38.5 Å². The van der Waals surface area contributed by atoms with E-state index in [2.05, 4.69) is 9.97 Å². The van der Waals surface area contributed by atoms with Crippen molar-refractivity contribution in [3.63, 3.8) is 0 Å². The van der Waals surface area contributed by atoms with E-state index in [1.165, 1.54) is 47.3 Å². The summed E-state index contributed by atoms with van der Waals surface area (Å²) in [6, 6.07) is 10.5. The highest BCUT2D eigenvalue weighted by molar-refractivity contribution is 7.99. The van der Waals surface area contributed by atoms with Gasteiger partial charge in [0.05, 0.1) is 35.1 Å². The molecule has 0 bridgehead atoms. The molecule has 0 aliphatic heterocycles. The molecule has 1 N–H and O–H groups in total. The number of hydrogen-bond acceptors (Lipinski definition) is 7. The summed E-state index contributed by atoms with van der Waals surface area (Å²) in [6.07, 6.45) is 0. The molecule has 0 aliphatic rings. The van der Waals surface area contributed by atoms with Crippen molar-refractivity contribution in [2.75, 3.05) is 12.9 Å². The van der Waals surface area contributed by atoms with Crippen molar-refractivity contribution in [2.45, 2.75) is 5.16 Å². The molecular formula is C20H14FN3O4S2. The van der Waals surface area contributed by atoms with Crippen LogP contribution in [0.5, 0.6) is 5.19 Å². The molecule has 0 aliphatic carbocycles. The monoisotopic (exact) mass is 443 g/mol. The van der Waals surface area contributed by atoms with Crippen LogP contribution in [0.2, 0.25) is 0 Å². The van der Waals surface area contributed by atoms with Gasteiger partial charge in [-0.05, 0) is 36.4 Å². The Hall–Kier alpha value is -3.24. The van der Waals surface area contributed by atoms with Crippen LogP contribution < -0.4 is 10.3 Å². The molecule has 152 valence electrons. The zero-order valence-corrected chi connectivity index (χ0v) is 17.2. The SMILES string of the molecule is COc1nc(-c2ccc3c(=O)n(-c4ccc(F)cc4)c(SCC(=O)O)nc3c2)cs1. The Kier molecular flexibility index (Phi) is 5.51. The summed E-state index contributed by atoms with van der Waals surface area (Å²) in [5.74, 6) is -1.76. The van der Waals surface area contributed by atoms with Gasteiger partial charge in [0.2, 0.25) is 0 Å². The van der Waals surface area contributed by atoms with Gasteiger partial charge in [0.15, 0.2) is 5.16 Å². The Morgan fingerprint density at radius 3 is 2.67 bits per heavy atom. The third kappa shape index (κ3) is 3.91. The second-order valence-corrected chi connectivity index (χ2v) is 7.89. The van der Waals surface area contributed by atoms with Crippen LogP contribution in [-0.2, 0) is 4.79 Å². The number of carboxylic acid groups (broad SMARTS) is 1. The minimum atomic E-state index is -1.04. The molecule has 0 saturated heterocycles. The van der Waals surface area contributed by atoms with Gasteiger partial charge in [-0.1, -0.05) is 29.2 Å². The molecule has 7 nitrogen and oxygen atoms in total. The van der Waals surface area contributed by atoms with Crippen molar-refractivity contribution in [3.05, 3.63) is 64.0 Å². The molecular weight excluding hydrogens is 429 g/mol. The molecule has 0 amide bonds. The summed E-state index contributed by atoms with van der Waals surface area (Å²) >= 11 is 2.27. The van der Waals surface area contributed by atoms with E-state index in [0.29, 0.717) is 27.5 Å². The summed E-state index contributed by atoms with van der Waals surface area (Å²) in [5.41, 5.74) is 1.88. The zero-order chi connectivity index (χ0) is 21.3. The van der Waals surface area contributed by atoms with Crippen LogP contribution in [0.1, 0.15) is 0 Å². The number of rotatable bonds is 6. The van der Waals surface area contributed by atoms with Crippen LogP contribution in [0.4, 0.5) is 4.39 Å². The van der Waals surface area contributed by atoms with Crippen LogP contribution in [0.25, 0.3) is 27.8 Å². The molecule has 0 atom stereocenters. The van der Waals surface area contributed by atoms with E-state index in [0.717, 1.165) is 17.3 Å². The number of carbonyl (C=O) groups is 1. The fourth-order valence-electron chi connectivity index (χ4n) is 2.85. The summed E-state index contributed by atoms with van der Waals surface area (Å²) < 4.78 is 19.8. The van der Waals surface area contributed by atoms with Gasteiger partial charge in [0.1, 0.15) is 5.82 Å². The Bertz CT molecular complexity index is 1300. The lowest BCUT2D eigenvalue weighted by atomic mass is 10.1. The van der Waals surface area contributed by atoms with E-state index in [4.69, 9.17) is 9.84 Å². The molecule has 0 radical (unpaired) electrons. The molecule has 2 aromatic heterocycles. The number of aliphatic carboxylic acids is 1. The van der Waals surface area contributed by atoms with E-state index in [9.17, 15) is 14.0 Å². The summed E-state index contributed by atoms with van der Waals surface area (Å²) in [7, 11) is 1.54. The Morgan fingerprint density at radius 2 is 2.00 bits per heavy atom. The Morgan fingerprint density at radius 1 is 1.23 bits per heavy atom. The van der Waals surface area contributed by atoms with Crippen LogP contribution in [0, 0.1) is 5.82 Å². The number of hydrogen-bond donors (Lipinski definition) is 1. The predicted molar refractivity (Wildman–Crippen MR) is 113 cm³/mol. The fraction of sp³-hybridized carbons (Fsp3) is 0.100. The number of thiazole rings is 1. The van der Waals surface area contributed by atoms with E-state index < -0.39 is 11.8 Å². The first-order valence-corrected chi connectivity index (χ1v) is 10.5. The molecule has 2 aromatic carbocycles. The van der Waals surface area contributed by atoms with Crippen LogP contribution in [0.3, 0.4) is 0 Å². The highest BCUT2D eigenvalue weighted by Crippen LogP contribution is 2.29. The van der Waals surface area contributed by atoms with E-state index in [1.807, 2.05) is 5.38 Å². The van der Waals surface area contributed by atoms with Crippen LogP contribution >= 0.6 is 23.1 Å². The Labute approximate surface area is 177 Å². The van der Waals surface area contributed by atoms with Gasteiger partial charge < -0.3 is 9.84 Å². The topological polar surface area (TPSA) is 94.3 Å². The number of nitrogens with zero attached hydrogens (tertiary/aromatic N) is 3. The van der Waals surface area contributed by atoms with Crippen molar-refractivity contribution in [3.8, 4) is 22.1 Å². The van der Waals surface area contributed by atoms with Gasteiger partial charge in [0.25, 0.3) is 10.8 Å². The summed E-state index contributed by atoms with van der Waals surface area (Å²) in [6.45, 7) is 0. The maximum Gasteiger partial charge on any atom is 0.313 e. The highest BCUT2D eigenvalue weighted by Gasteiger charge is 2.16. The van der Waals surface area contributed by atoms with Crippen molar-refractivity contribution in [1.82, 2.24) is 14.5 Å². The molecule has 4 rings (SSSR count). The first kappa shape index (κ1) is 20.0. The molecule has 0 fully saturated rings.